The lowest BCUT2D eigenvalue weighted by Crippen LogP contribution is -2.00. The third-order valence-electron chi connectivity index (χ3n) is 3.13. The molecular formula is C15H11NO2. The summed E-state index contributed by atoms with van der Waals surface area (Å²) in [5.41, 5.74) is 2.66. The Labute approximate surface area is 104 Å². The van der Waals surface area contributed by atoms with Crippen molar-refractivity contribution in [2.75, 3.05) is 0 Å². The van der Waals surface area contributed by atoms with E-state index in [0.29, 0.717) is 5.52 Å². The average molecular weight is 237 g/mol. The highest BCUT2D eigenvalue weighted by atomic mass is 16.4. The third kappa shape index (κ3) is 1.52. The van der Waals surface area contributed by atoms with Gasteiger partial charge in [0, 0.05) is 10.8 Å². The zero-order valence-corrected chi connectivity index (χ0v) is 9.84. The first-order valence-corrected chi connectivity index (χ1v) is 5.69. The van der Waals surface area contributed by atoms with Crippen molar-refractivity contribution in [1.82, 2.24) is 4.98 Å². The van der Waals surface area contributed by atoms with Crippen LogP contribution >= 0.6 is 0 Å². The second-order valence-electron chi connectivity index (χ2n) is 4.31. The third-order valence-corrected chi connectivity index (χ3v) is 3.13. The summed E-state index contributed by atoms with van der Waals surface area (Å²) in [4.78, 5) is 15.7. The van der Waals surface area contributed by atoms with Crippen LogP contribution in [0.2, 0.25) is 0 Å². The minimum Gasteiger partial charge on any atom is -0.478 e. The molecule has 1 aromatic heterocycles. The van der Waals surface area contributed by atoms with Gasteiger partial charge < -0.3 is 5.11 Å². The summed E-state index contributed by atoms with van der Waals surface area (Å²) in [5, 5.41) is 11.1. The van der Waals surface area contributed by atoms with Gasteiger partial charge in [-0.2, -0.15) is 0 Å². The molecule has 0 spiro atoms. The number of hydrogen-bond acceptors (Lipinski definition) is 2. The van der Waals surface area contributed by atoms with Gasteiger partial charge in [-0.25, -0.2) is 9.78 Å². The number of carboxylic acids is 1. The van der Waals surface area contributed by atoms with Gasteiger partial charge in [0.1, 0.15) is 0 Å². The van der Waals surface area contributed by atoms with Gasteiger partial charge in [0.15, 0.2) is 0 Å². The van der Waals surface area contributed by atoms with Gasteiger partial charge in [-0.15, -0.1) is 0 Å². The number of pyridine rings is 1. The zero-order valence-electron chi connectivity index (χ0n) is 9.84. The minimum absolute atomic E-state index is 0.251. The topological polar surface area (TPSA) is 50.2 Å². The first-order valence-electron chi connectivity index (χ1n) is 5.69. The Balaban J connectivity index is 2.52. The summed E-state index contributed by atoms with van der Waals surface area (Å²) >= 11 is 0. The molecule has 3 nitrogen and oxygen atoms in total. The van der Waals surface area contributed by atoms with Gasteiger partial charge in [-0.05, 0) is 30.7 Å². The molecule has 3 aromatic rings. The maximum Gasteiger partial charge on any atom is 0.337 e. The Morgan fingerprint density at radius 2 is 1.94 bits per heavy atom. The molecule has 0 aliphatic carbocycles. The van der Waals surface area contributed by atoms with Crippen LogP contribution in [0.5, 0.6) is 0 Å². The van der Waals surface area contributed by atoms with Crippen molar-refractivity contribution < 1.29 is 9.90 Å². The molecule has 0 saturated heterocycles. The summed E-state index contributed by atoms with van der Waals surface area (Å²) in [6.45, 7) is 1.96. The number of carbonyl (C=O) groups is 1. The van der Waals surface area contributed by atoms with Gasteiger partial charge in [-0.3, -0.25) is 0 Å². The quantitative estimate of drug-likeness (QED) is 0.660. The van der Waals surface area contributed by atoms with E-state index in [2.05, 4.69) is 4.98 Å². The van der Waals surface area contributed by atoms with Gasteiger partial charge >= 0.3 is 5.97 Å². The molecule has 0 fully saturated rings. The van der Waals surface area contributed by atoms with E-state index in [0.717, 1.165) is 21.9 Å². The van der Waals surface area contributed by atoms with Crippen LogP contribution in [0.1, 0.15) is 15.9 Å². The molecular weight excluding hydrogens is 226 g/mol. The second-order valence-corrected chi connectivity index (χ2v) is 4.31. The lowest BCUT2D eigenvalue weighted by Gasteiger charge is -2.07. The molecule has 0 aliphatic heterocycles. The lowest BCUT2D eigenvalue weighted by molar-refractivity contribution is 0.0699. The Bertz CT molecular complexity index is 778. The molecule has 1 heterocycles. The van der Waals surface area contributed by atoms with Crippen LogP contribution in [0.3, 0.4) is 0 Å². The number of fused-ring (bicyclic) bond motifs is 2. The Hall–Kier alpha value is -2.42. The summed E-state index contributed by atoms with van der Waals surface area (Å²) in [7, 11) is 0. The fraction of sp³-hybridized carbons (Fsp3) is 0.0667. The highest BCUT2D eigenvalue weighted by Crippen LogP contribution is 2.25. The maximum absolute atomic E-state index is 11.2. The number of nitrogens with zero attached hydrogens (tertiary/aromatic N) is 1. The van der Waals surface area contributed by atoms with E-state index in [1.807, 2.05) is 43.3 Å². The van der Waals surface area contributed by atoms with Crippen molar-refractivity contribution in [1.29, 1.82) is 0 Å². The second kappa shape index (κ2) is 3.81. The van der Waals surface area contributed by atoms with Crippen LogP contribution < -0.4 is 0 Å². The van der Waals surface area contributed by atoms with Crippen LogP contribution in [0, 0.1) is 6.92 Å². The van der Waals surface area contributed by atoms with E-state index in [4.69, 9.17) is 0 Å². The van der Waals surface area contributed by atoms with E-state index in [-0.39, 0.29) is 5.56 Å². The van der Waals surface area contributed by atoms with Crippen molar-refractivity contribution in [3.05, 3.63) is 53.6 Å². The minimum atomic E-state index is -0.942. The number of benzene rings is 2. The molecule has 0 unspecified atom stereocenters. The van der Waals surface area contributed by atoms with Crippen molar-refractivity contribution >= 4 is 27.8 Å². The van der Waals surface area contributed by atoms with Gasteiger partial charge in [0.05, 0.1) is 16.6 Å². The Kier molecular flexibility index (Phi) is 2.27. The van der Waals surface area contributed by atoms with Gasteiger partial charge in [-0.1, -0.05) is 24.3 Å². The maximum atomic E-state index is 11.2. The fourth-order valence-corrected chi connectivity index (χ4v) is 2.17. The van der Waals surface area contributed by atoms with Crippen molar-refractivity contribution in [2.24, 2.45) is 0 Å². The van der Waals surface area contributed by atoms with Gasteiger partial charge in [0.2, 0.25) is 0 Å². The predicted octanol–water partition coefficient (Wildman–Crippen LogP) is 3.39. The zero-order chi connectivity index (χ0) is 12.7. The first kappa shape index (κ1) is 10.7. The number of aromatic nitrogens is 1. The van der Waals surface area contributed by atoms with E-state index in [1.54, 1.807) is 6.07 Å². The molecule has 0 radical (unpaired) electrons. The molecule has 18 heavy (non-hydrogen) atoms. The summed E-state index contributed by atoms with van der Waals surface area (Å²) in [5.74, 6) is -0.942. The Morgan fingerprint density at radius 3 is 2.72 bits per heavy atom. The smallest absolute Gasteiger partial charge is 0.337 e. The number of rotatable bonds is 1. The normalized spacial score (nSPS) is 10.9. The van der Waals surface area contributed by atoms with E-state index >= 15 is 0 Å². The average Bonchev–Trinajstić information content (AvgIpc) is 2.37. The molecule has 0 saturated carbocycles. The number of para-hydroxylation sites is 1. The Morgan fingerprint density at radius 1 is 1.17 bits per heavy atom. The van der Waals surface area contributed by atoms with Crippen LogP contribution in [-0.2, 0) is 0 Å². The van der Waals surface area contributed by atoms with E-state index in [9.17, 15) is 9.90 Å². The standard InChI is InChI=1S/C15H11NO2/c1-9-6-7-11(15(17)18)14-12(9)8-10-4-2-3-5-13(10)16-14/h2-8H,1H3,(H,17,18). The number of aryl methyl sites for hydroxylation is 1. The molecule has 88 valence electrons. The van der Waals surface area contributed by atoms with E-state index < -0.39 is 5.97 Å². The largest absolute Gasteiger partial charge is 0.478 e. The van der Waals surface area contributed by atoms with Gasteiger partial charge in [0.25, 0.3) is 0 Å². The molecule has 3 rings (SSSR count). The van der Waals surface area contributed by atoms with Crippen LogP contribution in [0.15, 0.2) is 42.5 Å². The molecule has 1 N–H and O–H groups in total. The van der Waals surface area contributed by atoms with E-state index in [1.165, 1.54) is 0 Å². The van der Waals surface area contributed by atoms with Crippen molar-refractivity contribution in [3.63, 3.8) is 0 Å². The number of hydrogen-bond donors (Lipinski definition) is 1. The molecule has 3 heteroatoms. The van der Waals surface area contributed by atoms with Crippen LogP contribution in [-0.4, -0.2) is 16.1 Å². The molecule has 0 amide bonds. The molecule has 0 atom stereocenters. The number of aromatic carboxylic acids is 1. The number of carboxylic acid groups (broad SMARTS) is 1. The predicted molar refractivity (Wildman–Crippen MR) is 70.9 cm³/mol. The molecule has 2 aromatic carbocycles. The lowest BCUT2D eigenvalue weighted by atomic mass is 10.0. The summed E-state index contributed by atoms with van der Waals surface area (Å²) < 4.78 is 0. The first-order chi connectivity index (χ1) is 8.66. The SMILES string of the molecule is Cc1ccc(C(=O)O)c2nc3ccccc3cc12. The highest BCUT2D eigenvalue weighted by Gasteiger charge is 2.12. The van der Waals surface area contributed by atoms with Crippen molar-refractivity contribution in [2.45, 2.75) is 6.92 Å². The molecule has 0 bridgehead atoms. The summed E-state index contributed by atoms with van der Waals surface area (Å²) in [6.07, 6.45) is 0. The highest BCUT2D eigenvalue weighted by molar-refractivity contribution is 6.05. The van der Waals surface area contributed by atoms with Crippen LogP contribution in [0.4, 0.5) is 0 Å². The van der Waals surface area contributed by atoms with Crippen LogP contribution in [0.25, 0.3) is 21.8 Å². The summed E-state index contributed by atoms with van der Waals surface area (Å²) in [6, 6.07) is 13.2. The van der Waals surface area contributed by atoms with Crippen molar-refractivity contribution in [3.8, 4) is 0 Å². The molecule has 0 aliphatic rings. The fourth-order valence-electron chi connectivity index (χ4n) is 2.17. The monoisotopic (exact) mass is 237 g/mol.